The Morgan fingerprint density at radius 1 is 0.333 bits per heavy atom. The van der Waals surface area contributed by atoms with Crippen LogP contribution in [0, 0.1) is 0 Å². The van der Waals surface area contributed by atoms with Gasteiger partial charge in [0.2, 0.25) is 17.7 Å². The molecule has 0 rings (SSSR count). The van der Waals surface area contributed by atoms with Crippen LogP contribution in [-0.2, 0) is 19.1 Å². The van der Waals surface area contributed by atoms with Gasteiger partial charge in [-0.25, -0.2) is 0 Å². The molecular formula is C65H132N4O6. The van der Waals surface area contributed by atoms with Crippen LogP contribution in [0.4, 0.5) is 0 Å². The lowest BCUT2D eigenvalue weighted by Gasteiger charge is -2.20. The number of carbonyl (C=O) groups excluding carboxylic acids is 3. The standard InChI is InChI=1S/C40H80N2O3.C25H52N2O3/c1-4-7-10-13-15-17-18-20-22-25-28-35-40(45)42-38(36-43)33-30-29-32-37(31-26-23-12-9-6-3)41-39(44)34-27-24-21-19-16-14-11-8-5-2;1-3-5-7-9-10-11-12-14-16-18-25(29)27-24(17-15-13-8-6-4-2)19-20-30-22-23(26)21-28/h37-38,43H,4-36H2,1-3H3,(H,41,44)(H,42,45);23-24,28H,3-22,26H2,1-2H3,(H,27,29)/t37-,38+;23-,24-/m00/s1. The molecule has 7 N–H and O–H groups in total. The Morgan fingerprint density at radius 2 is 0.573 bits per heavy atom. The molecule has 0 aliphatic rings. The Labute approximate surface area is 466 Å². The van der Waals surface area contributed by atoms with Crippen molar-refractivity contribution in [2.24, 2.45) is 5.73 Å². The molecule has 3 amide bonds. The second-order valence-corrected chi connectivity index (χ2v) is 22.9. The van der Waals surface area contributed by atoms with Crippen LogP contribution in [0.2, 0.25) is 0 Å². The Morgan fingerprint density at radius 3 is 0.867 bits per heavy atom. The molecule has 0 aliphatic carbocycles. The lowest BCUT2D eigenvalue weighted by molar-refractivity contribution is -0.123. The third-order valence-electron chi connectivity index (χ3n) is 15.2. The molecule has 0 aromatic heterocycles. The molecule has 10 heteroatoms. The molecule has 0 bridgehead atoms. The fraction of sp³-hybridized carbons (Fsp3) is 0.954. The molecule has 0 fully saturated rings. The van der Waals surface area contributed by atoms with Crippen LogP contribution in [-0.4, -0.2) is 78.5 Å². The molecule has 0 aromatic carbocycles. The number of hydrogen-bond acceptors (Lipinski definition) is 7. The fourth-order valence-corrected chi connectivity index (χ4v) is 10.1. The van der Waals surface area contributed by atoms with Gasteiger partial charge in [0, 0.05) is 38.0 Å². The summed E-state index contributed by atoms with van der Waals surface area (Å²) in [7, 11) is 0. The molecular weight excluding hydrogens is 933 g/mol. The van der Waals surface area contributed by atoms with E-state index in [1.54, 1.807) is 0 Å². The van der Waals surface area contributed by atoms with Crippen LogP contribution in [0.25, 0.3) is 0 Å². The van der Waals surface area contributed by atoms with Crippen molar-refractivity contribution in [1.29, 1.82) is 0 Å². The summed E-state index contributed by atoms with van der Waals surface area (Å²) >= 11 is 0. The van der Waals surface area contributed by atoms with Crippen LogP contribution >= 0.6 is 0 Å². The monoisotopic (exact) mass is 1070 g/mol. The highest BCUT2D eigenvalue weighted by atomic mass is 16.5. The Balaban J connectivity index is 0. The van der Waals surface area contributed by atoms with Gasteiger partial charge in [-0.3, -0.25) is 14.4 Å². The Hall–Kier alpha value is -1.75. The number of rotatable bonds is 59. The second kappa shape index (κ2) is 63.1. The minimum absolute atomic E-state index is 0.000327. The predicted molar refractivity (Wildman–Crippen MR) is 323 cm³/mol. The first kappa shape index (κ1) is 75.3. The summed E-state index contributed by atoms with van der Waals surface area (Å²) in [5, 5.41) is 28.5. The molecule has 4 atom stereocenters. The van der Waals surface area contributed by atoms with Gasteiger partial charge >= 0.3 is 0 Å². The molecule has 0 aliphatic heterocycles. The van der Waals surface area contributed by atoms with Crippen molar-refractivity contribution in [3.8, 4) is 0 Å². The van der Waals surface area contributed by atoms with Gasteiger partial charge in [-0.05, 0) is 51.4 Å². The number of ether oxygens (including phenoxy) is 1. The Bertz CT molecular complexity index is 1160. The van der Waals surface area contributed by atoms with Gasteiger partial charge in [-0.2, -0.15) is 0 Å². The molecule has 0 aromatic rings. The van der Waals surface area contributed by atoms with Gasteiger partial charge in [0.25, 0.3) is 0 Å². The summed E-state index contributed by atoms with van der Waals surface area (Å²) in [6.07, 6.45) is 57.9. The van der Waals surface area contributed by atoms with Crippen molar-refractivity contribution >= 4 is 17.7 Å². The van der Waals surface area contributed by atoms with Crippen molar-refractivity contribution in [2.45, 2.75) is 373 Å². The highest BCUT2D eigenvalue weighted by Crippen LogP contribution is 2.17. The minimum Gasteiger partial charge on any atom is -0.395 e. The van der Waals surface area contributed by atoms with E-state index in [0.717, 1.165) is 89.9 Å². The first-order valence-electron chi connectivity index (χ1n) is 33.1. The van der Waals surface area contributed by atoms with Crippen molar-refractivity contribution < 1.29 is 29.3 Å². The quantitative estimate of drug-likeness (QED) is 0.0330. The van der Waals surface area contributed by atoms with Crippen LogP contribution in [0.5, 0.6) is 0 Å². The molecule has 0 unspecified atom stereocenters. The summed E-state index contributed by atoms with van der Waals surface area (Å²) in [4.78, 5) is 37.6. The van der Waals surface area contributed by atoms with Crippen molar-refractivity contribution in [1.82, 2.24) is 16.0 Å². The highest BCUT2D eigenvalue weighted by molar-refractivity contribution is 5.76. The molecule has 0 radical (unpaired) electrons. The highest BCUT2D eigenvalue weighted by Gasteiger charge is 2.16. The van der Waals surface area contributed by atoms with Crippen LogP contribution in [0.15, 0.2) is 0 Å². The fourth-order valence-electron chi connectivity index (χ4n) is 10.1. The number of hydrogen-bond donors (Lipinski definition) is 6. The van der Waals surface area contributed by atoms with Crippen LogP contribution < -0.4 is 21.7 Å². The van der Waals surface area contributed by atoms with Crippen molar-refractivity contribution in [3.05, 3.63) is 0 Å². The largest absolute Gasteiger partial charge is 0.395 e. The van der Waals surface area contributed by atoms with Gasteiger partial charge in [0.15, 0.2) is 0 Å². The van der Waals surface area contributed by atoms with Gasteiger partial charge in [0.1, 0.15) is 0 Å². The zero-order valence-corrected chi connectivity index (χ0v) is 50.9. The number of aliphatic hydroxyl groups is 2. The topological polar surface area (TPSA) is 163 Å². The number of amides is 3. The van der Waals surface area contributed by atoms with Crippen molar-refractivity contribution in [3.63, 3.8) is 0 Å². The average Bonchev–Trinajstić information content (AvgIpc) is 3.40. The summed E-state index contributed by atoms with van der Waals surface area (Å²) in [6, 6.07) is -0.0402. The van der Waals surface area contributed by atoms with E-state index in [-0.39, 0.29) is 55.1 Å². The molecule has 75 heavy (non-hydrogen) atoms. The summed E-state index contributed by atoms with van der Waals surface area (Å²) in [5.41, 5.74) is 5.67. The summed E-state index contributed by atoms with van der Waals surface area (Å²) in [6.45, 7) is 12.1. The third kappa shape index (κ3) is 59.7. The van der Waals surface area contributed by atoms with Crippen LogP contribution in [0.1, 0.15) is 349 Å². The number of nitrogens with one attached hydrogen (secondary N) is 3. The number of unbranched alkanes of at least 4 members (excludes halogenated alkanes) is 35. The van der Waals surface area contributed by atoms with E-state index in [1.807, 2.05) is 0 Å². The normalized spacial score (nSPS) is 13.0. The minimum atomic E-state index is -0.321. The lowest BCUT2D eigenvalue weighted by atomic mass is 9.99. The zero-order valence-electron chi connectivity index (χ0n) is 50.9. The van der Waals surface area contributed by atoms with E-state index in [9.17, 15) is 19.5 Å². The maximum atomic E-state index is 12.7. The van der Waals surface area contributed by atoms with E-state index < -0.39 is 0 Å². The van der Waals surface area contributed by atoms with Gasteiger partial charge < -0.3 is 36.6 Å². The smallest absolute Gasteiger partial charge is 0.220 e. The number of nitrogens with two attached hydrogens (primary N) is 1. The first-order valence-corrected chi connectivity index (χ1v) is 33.1. The average molecular weight is 1070 g/mol. The van der Waals surface area contributed by atoms with E-state index in [1.165, 1.54) is 205 Å². The SMILES string of the molecule is CCCCCCCCCCCC(=O)N[C@@H](CCCCCCC)CCOC[C@@H](N)CO.CCCCCCCCCCCCCC(=O)N[C@@H](CO)CCCC[C@H](CCCCCCC)NC(=O)CCCCCCCCCCC. The summed E-state index contributed by atoms with van der Waals surface area (Å²) < 4.78 is 5.57. The van der Waals surface area contributed by atoms with Crippen molar-refractivity contribution in [2.75, 3.05) is 26.4 Å². The zero-order chi connectivity index (χ0) is 55.3. The predicted octanol–water partition coefficient (Wildman–Crippen LogP) is 17.0. The maximum Gasteiger partial charge on any atom is 0.220 e. The molecule has 448 valence electrons. The third-order valence-corrected chi connectivity index (χ3v) is 15.2. The lowest BCUT2D eigenvalue weighted by Crippen LogP contribution is -2.37. The molecule has 10 nitrogen and oxygen atoms in total. The van der Waals surface area contributed by atoms with E-state index in [0.29, 0.717) is 32.5 Å². The van der Waals surface area contributed by atoms with Gasteiger partial charge in [-0.1, -0.05) is 279 Å². The molecule has 0 saturated heterocycles. The Kier molecular flexibility index (Phi) is 63.4. The van der Waals surface area contributed by atoms with Gasteiger partial charge in [-0.15, -0.1) is 0 Å². The number of carbonyl (C=O) groups is 3. The first-order chi connectivity index (χ1) is 36.7. The number of aliphatic hydroxyl groups excluding tert-OH is 2. The molecule has 0 spiro atoms. The van der Waals surface area contributed by atoms with E-state index in [4.69, 9.17) is 15.6 Å². The van der Waals surface area contributed by atoms with E-state index >= 15 is 0 Å². The maximum absolute atomic E-state index is 12.7. The second-order valence-electron chi connectivity index (χ2n) is 22.9. The van der Waals surface area contributed by atoms with Crippen LogP contribution in [0.3, 0.4) is 0 Å². The molecule has 0 heterocycles. The van der Waals surface area contributed by atoms with Gasteiger partial charge in [0.05, 0.1) is 31.9 Å². The van der Waals surface area contributed by atoms with E-state index in [2.05, 4.69) is 50.6 Å². The molecule has 0 saturated carbocycles. The summed E-state index contributed by atoms with van der Waals surface area (Å²) in [5.74, 6) is 0.488.